The molecule has 1 fully saturated rings. The lowest BCUT2D eigenvalue weighted by Gasteiger charge is -2.34. The van der Waals surface area contributed by atoms with E-state index < -0.39 is 4.92 Å². The molecule has 136 valence electrons. The van der Waals surface area contributed by atoms with Crippen LogP contribution in [-0.4, -0.2) is 53.9 Å². The Balaban J connectivity index is 1.58. The number of nitro groups is 1. The van der Waals surface area contributed by atoms with E-state index in [1.165, 1.54) is 17.7 Å². The van der Waals surface area contributed by atoms with Crippen LogP contribution >= 0.6 is 0 Å². The van der Waals surface area contributed by atoms with Crippen molar-refractivity contribution in [2.45, 2.75) is 6.54 Å². The molecular formula is C19H21N3O4. The number of amides is 1. The van der Waals surface area contributed by atoms with Gasteiger partial charge in [-0.25, -0.2) is 0 Å². The number of rotatable bonds is 5. The number of benzene rings is 2. The van der Waals surface area contributed by atoms with Gasteiger partial charge in [0.2, 0.25) is 0 Å². The standard InChI is InChI=1S/C19H21N3O4/c1-26-18-7-2-4-15(12-18)14-20-8-10-21(11-9-20)19(23)16-5-3-6-17(13-16)22(24)25/h2-7,12-13H,8-11,14H2,1H3. The number of piperazine rings is 1. The molecule has 3 rings (SSSR count). The topological polar surface area (TPSA) is 75.9 Å². The minimum absolute atomic E-state index is 0.0625. The lowest BCUT2D eigenvalue weighted by atomic mass is 10.1. The van der Waals surface area contributed by atoms with E-state index in [0.717, 1.165) is 25.4 Å². The summed E-state index contributed by atoms with van der Waals surface area (Å²) in [7, 11) is 1.65. The van der Waals surface area contributed by atoms with Crippen LogP contribution in [0.15, 0.2) is 48.5 Å². The largest absolute Gasteiger partial charge is 0.497 e. The number of non-ortho nitro benzene ring substituents is 1. The molecule has 0 atom stereocenters. The molecule has 2 aromatic carbocycles. The highest BCUT2D eigenvalue weighted by atomic mass is 16.6. The van der Waals surface area contributed by atoms with Crippen LogP contribution in [0.2, 0.25) is 0 Å². The summed E-state index contributed by atoms with van der Waals surface area (Å²) in [5.41, 5.74) is 1.47. The molecule has 0 unspecified atom stereocenters. The van der Waals surface area contributed by atoms with Crippen molar-refractivity contribution in [2.24, 2.45) is 0 Å². The lowest BCUT2D eigenvalue weighted by Crippen LogP contribution is -2.48. The SMILES string of the molecule is COc1cccc(CN2CCN(C(=O)c3cccc([N+](=O)[O-])c3)CC2)c1. The Labute approximate surface area is 151 Å². The van der Waals surface area contributed by atoms with Crippen LogP contribution in [0.5, 0.6) is 5.75 Å². The number of nitrogens with zero attached hydrogens (tertiary/aromatic N) is 3. The molecule has 7 nitrogen and oxygen atoms in total. The summed E-state index contributed by atoms with van der Waals surface area (Å²) in [6.45, 7) is 3.53. The smallest absolute Gasteiger partial charge is 0.270 e. The van der Waals surface area contributed by atoms with Crippen molar-refractivity contribution in [3.63, 3.8) is 0 Å². The molecule has 0 spiro atoms. The maximum Gasteiger partial charge on any atom is 0.270 e. The first-order valence-corrected chi connectivity index (χ1v) is 8.46. The van der Waals surface area contributed by atoms with Gasteiger partial charge in [-0.3, -0.25) is 19.8 Å². The molecule has 26 heavy (non-hydrogen) atoms. The highest BCUT2D eigenvalue weighted by Gasteiger charge is 2.23. The molecule has 0 N–H and O–H groups in total. The highest BCUT2D eigenvalue weighted by Crippen LogP contribution is 2.18. The molecule has 0 aromatic heterocycles. The van der Waals surface area contributed by atoms with Crippen LogP contribution in [-0.2, 0) is 6.54 Å². The Morgan fingerprint density at radius 2 is 1.85 bits per heavy atom. The molecule has 1 aliphatic rings. The summed E-state index contributed by atoms with van der Waals surface area (Å²) in [6, 6.07) is 13.9. The minimum atomic E-state index is -0.483. The normalized spacial score (nSPS) is 14.9. The third kappa shape index (κ3) is 4.18. The van der Waals surface area contributed by atoms with Crippen LogP contribution in [0.25, 0.3) is 0 Å². The van der Waals surface area contributed by atoms with Crippen molar-refractivity contribution < 1.29 is 14.5 Å². The summed E-state index contributed by atoms with van der Waals surface area (Å²) in [5.74, 6) is 0.678. The quantitative estimate of drug-likeness (QED) is 0.609. The lowest BCUT2D eigenvalue weighted by molar-refractivity contribution is -0.384. The van der Waals surface area contributed by atoms with Crippen LogP contribution in [0.1, 0.15) is 15.9 Å². The van der Waals surface area contributed by atoms with E-state index in [1.54, 1.807) is 24.1 Å². The number of carbonyl (C=O) groups excluding carboxylic acids is 1. The second-order valence-electron chi connectivity index (χ2n) is 6.23. The fourth-order valence-corrected chi connectivity index (χ4v) is 3.07. The van der Waals surface area contributed by atoms with E-state index in [2.05, 4.69) is 11.0 Å². The molecule has 1 heterocycles. The van der Waals surface area contributed by atoms with E-state index in [0.29, 0.717) is 18.7 Å². The summed E-state index contributed by atoms with van der Waals surface area (Å²) in [6.07, 6.45) is 0. The number of ether oxygens (including phenoxy) is 1. The number of nitro benzene ring substituents is 1. The van der Waals surface area contributed by atoms with Gasteiger partial charge >= 0.3 is 0 Å². The zero-order chi connectivity index (χ0) is 18.5. The van der Waals surface area contributed by atoms with Gasteiger partial charge in [-0.05, 0) is 23.8 Å². The number of carbonyl (C=O) groups is 1. The van der Waals surface area contributed by atoms with Crippen LogP contribution < -0.4 is 4.74 Å². The maximum absolute atomic E-state index is 12.6. The first kappa shape index (κ1) is 17.9. The number of hydrogen-bond donors (Lipinski definition) is 0. The molecule has 1 aliphatic heterocycles. The maximum atomic E-state index is 12.6. The van der Waals surface area contributed by atoms with Crippen molar-refractivity contribution in [3.05, 3.63) is 69.8 Å². The van der Waals surface area contributed by atoms with Crippen molar-refractivity contribution in [2.75, 3.05) is 33.3 Å². The zero-order valence-corrected chi connectivity index (χ0v) is 14.6. The van der Waals surface area contributed by atoms with Gasteiger partial charge in [0.15, 0.2) is 0 Å². The van der Waals surface area contributed by atoms with Crippen molar-refractivity contribution in [3.8, 4) is 5.75 Å². The molecule has 1 amide bonds. The average Bonchev–Trinajstić information content (AvgIpc) is 2.68. The van der Waals surface area contributed by atoms with Crippen LogP contribution in [0.3, 0.4) is 0 Å². The van der Waals surface area contributed by atoms with Gasteiger partial charge in [0.1, 0.15) is 5.75 Å². The Hall–Kier alpha value is -2.93. The van der Waals surface area contributed by atoms with Gasteiger partial charge in [0.05, 0.1) is 12.0 Å². The van der Waals surface area contributed by atoms with Crippen molar-refractivity contribution in [1.82, 2.24) is 9.80 Å². The third-order valence-corrected chi connectivity index (χ3v) is 4.50. The second-order valence-corrected chi connectivity index (χ2v) is 6.23. The molecule has 0 bridgehead atoms. The van der Waals surface area contributed by atoms with Crippen LogP contribution in [0, 0.1) is 10.1 Å². The summed E-state index contributed by atoms with van der Waals surface area (Å²) in [4.78, 5) is 27.0. The van der Waals surface area contributed by atoms with Gasteiger partial charge in [-0.2, -0.15) is 0 Å². The van der Waals surface area contributed by atoms with Gasteiger partial charge in [-0.15, -0.1) is 0 Å². The Kier molecular flexibility index (Phi) is 5.48. The van der Waals surface area contributed by atoms with Crippen molar-refractivity contribution in [1.29, 1.82) is 0 Å². The monoisotopic (exact) mass is 355 g/mol. The molecule has 0 radical (unpaired) electrons. The fraction of sp³-hybridized carbons (Fsp3) is 0.316. The van der Waals surface area contributed by atoms with Gasteiger partial charge in [-0.1, -0.05) is 18.2 Å². The second kappa shape index (κ2) is 7.97. The van der Waals surface area contributed by atoms with E-state index in [9.17, 15) is 14.9 Å². The summed E-state index contributed by atoms with van der Waals surface area (Å²) >= 11 is 0. The van der Waals surface area contributed by atoms with E-state index in [-0.39, 0.29) is 11.6 Å². The molecule has 2 aromatic rings. The summed E-state index contributed by atoms with van der Waals surface area (Å²) in [5, 5.41) is 10.9. The van der Waals surface area contributed by atoms with Gasteiger partial charge < -0.3 is 9.64 Å². The third-order valence-electron chi connectivity index (χ3n) is 4.50. The highest BCUT2D eigenvalue weighted by molar-refractivity contribution is 5.94. The van der Waals surface area contributed by atoms with Crippen LogP contribution in [0.4, 0.5) is 5.69 Å². The molecule has 7 heteroatoms. The average molecular weight is 355 g/mol. The fourth-order valence-electron chi connectivity index (χ4n) is 3.07. The van der Waals surface area contributed by atoms with Gasteiger partial charge in [0.25, 0.3) is 11.6 Å². The zero-order valence-electron chi connectivity index (χ0n) is 14.6. The number of hydrogen-bond acceptors (Lipinski definition) is 5. The number of methoxy groups -OCH3 is 1. The molecule has 0 aliphatic carbocycles. The summed E-state index contributed by atoms with van der Waals surface area (Å²) < 4.78 is 5.25. The predicted octanol–water partition coefficient (Wildman–Crippen LogP) is 2.56. The van der Waals surface area contributed by atoms with E-state index in [1.807, 2.05) is 18.2 Å². The minimum Gasteiger partial charge on any atom is -0.497 e. The first-order chi connectivity index (χ1) is 12.6. The Morgan fingerprint density at radius 3 is 2.54 bits per heavy atom. The van der Waals surface area contributed by atoms with E-state index in [4.69, 9.17) is 4.74 Å². The Morgan fingerprint density at radius 1 is 1.12 bits per heavy atom. The van der Waals surface area contributed by atoms with Gasteiger partial charge in [0, 0.05) is 50.4 Å². The molecule has 1 saturated heterocycles. The predicted molar refractivity (Wildman–Crippen MR) is 97.3 cm³/mol. The first-order valence-electron chi connectivity index (χ1n) is 8.46. The molecular weight excluding hydrogens is 334 g/mol. The van der Waals surface area contributed by atoms with Crippen molar-refractivity contribution >= 4 is 11.6 Å². The Bertz CT molecular complexity index is 801. The van der Waals surface area contributed by atoms with E-state index >= 15 is 0 Å². The molecule has 0 saturated carbocycles.